The minimum absolute atomic E-state index is 0.121. The summed E-state index contributed by atoms with van der Waals surface area (Å²) < 4.78 is 4.95. The number of piperazine rings is 1. The van der Waals surface area contributed by atoms with Crippen molar-refractivity contribution in [1.29, 1.82) is 0 Å². The number of nitrogens with zero attached hydrogens (tertiary/aromatic N) is 3. The van der Waals surface area contributed by atoms with E-state index in [4.69, 9.17) is 4.74 Å². The number of amides is 1. The Morgan fingerprint density at radius 3 is 2.75 bits per heavy atom. The van der Waals surface area contributed by atoms with Crippen molar-refractivity contribution >= 4 is 11.7 Å². The molecule has 0 atom stereocenters. The fourth-order valence-corrected chi connectivity index (χ4v) is 2.68. The van der Waals surface area contributed by atoms with Gasteiger partial charge in [-0.15, -0.1) is 0 Å². The van der Waals surface area contributed by atoms with Crippen molar-refractivity contribution in [2.24, 2.45) is 0 Å². The monoisotopic (exact) mass is 335 g/mol. The topological polar surface area (TPSA) is 69.7 Å². The molecular formula is C17H29N5O2. The number of hydrogen-bond acceptors (Lipinski definition) is 6. The molecule has 1 aliphatic heterocycles. The molecule has 0 radical (unpaired) electrons. The van der Waals surface area contributed by atoms with Gasteiger partial charge in [0.1, 0.15) is 5.82 Å². The lowest BCUT2D eigenvalue weighted by molar-refractivity contribution is -0.121. The fraction of sp³-hybridized carbons (Fsp3) is 0.647. The molecule has 134 valence electrons. The van der Waals surface area contributed by atoms with Crippen molar-refractivity contribution in [1.82, 2.24) is 20.5 Å². The molecule has 7 heteroatoms. The third-order valence-electron chi connectivity index (χ3n) is 4.11. The molecule has 1 fully saturated rings. The average molecular weight is 335 g/mol. The van der Waals surface area contributed by atoms with Crippen LogP contribution < -0.4 is 15.5 Å². The van der Waals surface area contributed by atoms with E-state index in [1.165, 1.54) is 0 Å². The van der Waals surface area contributed by atoms with E-state index in [2.05, 4.69) is 25.4 Å². The Morgan fingerprint density at radius 2 is 2.04 bits per heavy atom. The van der Waals surface area contributed by atoms with E-state index in [0.717, 1.165) is 51.6 Å². The molecule has 2 N–H and O–H groups in total. The Morgan fingerprint density at radius 1 is 1.21 bits per heavy atom. The van der Waals surface area contributed by atoms with Crippen molar-refractivity contribution in [2.75, 3.05) is 71.0 Å². The van der Waals surface area contributed by atoms with Gasteiger partial charge in [-0.05, 0) is 12.1 Å². The number of carbonyl (C=O) groups is 1. The second-order valence-electron chi connectivity index (χ2n) is 5.86. The summed E-state index contributed by atoms with van der Waals surface area (Å²) in [6, 6.07) is 6.00. The van der Waals surface area contributed by atoms with Crippen molar-refractivity contribution in [3.05, 3.63) is 24.4 Å². The summed E-state index contributed by atoms with van der Waals surface area (Å²) in [5.74, 6) is 1.16. The van der Waals surface area contributed by atoms with Gasteiger partial charge in [-0.1, -0.05) is 6.07 Å². The van der Waals surface area contributed by atoms with Crippen LogP contribution in [-0.4, -0.2) is 81.9 Å². The lowest BCUT2D eigenvalue weighted by Crippen LogP contribution is -2.47. The molecule has 1 saturated heterocycles. The summed E-state index contributed by atoms with van der Waals surface area (Å²) in [5, 5.41) is 6.15. The first kappa shape index (κ1) is 18.6. The highest BCUT2D eigenvalue weighted by molar-refractivity contribution is 5.76. The van der Waals surface area contributed by atoms with E-state index in [1.807, 2.05) is 24.4 Å². The number of anilines is 1. The van der Waals surface area contributed by atoms with Gasteiger partial charge >= 0.3 is 0 Å². The summed E-state index contributed by atoms with van der Waals surface area (Å²) in [7, 11) is 1.68. The van der Waals surface area contributed by atoms with E-state index in [1.54, 1.807) is 7.11 Å². The number of rotatable bonds is 10. The normalized spacial score (nSPS) is 15.5. The Balaban J connectivity index is 1.53. The smallest absolute Gasteiger partial charge is 0.221 e. The summed E-state index contributed by atoms with van der Waals surface area (Å²) in [6.45, 7) is 7.63. The molecule has 0 aromatic carbocycles. The van der Waals surface area contributed by atoms with Crippen LogP contribution in [0.5, 0.6) is 0 Å². The number of ether oxygens (including phenoxy) is 1. The standard InChI is InChI=1S/C17H29N5O2/c1-24-15-9-18-7-8-20-17(23)5-10-21-11-13-22(14-12-21)16-4-2-3-6-19-16/h2-4,6,18H,5,7-15H2,1H3,(H,20,23). The number of methoxy groups -OCH3 is 1. The first-order valence-electron chi connectivity index (χ1n) is 8.64. The molecule has 0 bridgehead atoms. The zero-order chi connectivity index (χ0) is 17.0. The van der Waals surface area contributed by atoms with Gasteiger partial charge < -0.3 is 20.3 Å². The SMILES string of the molecule is COCCNCCNC(=O)CCN1CCN(c2ccccn2)CC1. The van der Waals surface area contributed by atoms with E-state index in [-0.39, 0.29) is 5.91 Å². The van der Waals surface area contributed by atoms with Crippen LogP contribution in [0.3, 0.4) is 0 Å². The van der Waals surface area contributed by atoms with E-state index in [9.17, 15) is 4.79 Å². The summed E-state index contributed by atoms with van der Waals surface area (Å²) in [4.78, 5) is 20.9. The second kappa shape index (κ2) is 11.0. The van der Waals surface area contributed by atoms with Gasteiger partial charge in [0.2, 0.25) is 5.91 Å². The molecule has 1 aromatic rings. The van der Waals surface area contributed by atoms with Crippen molar-refractivity contribution in [3.63, 3.8) is 0 Å². The number of hydrogen-bond donors (Lipinski definition) is 2. The molecule has 7 nitrogen and oxygen atoms in total. The van der Waals surface area contributed by atoms with Gasteiger partial charge in [-0.2, -0.15) is 0 Å². The minimum atomic E-state index is 0.121. The predicted molar refractivity (Wildman–Crippen MR) is 95.3 cm³/mol. The lowest BCUT2D eigenvalue weighted by Gasteiger charge is -2.35. The van der Waals surface area contributed by atoms with Gasteiger partial charge in [-0.25, -0.2) is 4.98 Å². The molecule has 1 amide bonds. The maximum atomic E-state index is 11.8. The van der Waals surface area contributed by atoms with Crippen LogP contribution >= 0.6 is 0 Å². The molecule has 0 spiro atoms. The zero-order valence-corrected chi connectivity index (χ0v) is 14.5. The average Bonchev–Trinajstić information content (AvgIpc) is 2.64. The zero-order valence-electron chi connectivity index (χ0n) is 14.5. The molecule has 1 aromatic heterocycles. The summed E-state index contributed by atoms with van der Waals surface area (Å²) in [6.07, 6.45) is 2.39. The van der Waals surface area contributed by atoms with E-state index < -0.39 is 0 Å². The van der Waals surface area contributed by atoms with Gasteiger partial charge in [0.15, 0.2) is 0 Å². The number of pyridine rings is 1. The van der Waals surface area contributed by atoms with Crippen LogP contribution in [0.25, 0.3) is 0 Å². The molecular weight excluding hydrogens is 306 g/mol. The Labute approximate surface area is 144 Å². The fourth-order valence-electron chi connectivity index (χ4n) is 2.68. The summed E-state index contributed by atoms with van der Waals surface area (Å²) in [5.41, 5.74) is 0. The third-order valence-corrected chi connectivity index (χ3v) is 4.11. The first-order chi connectivity index (χ1) is 11.8. The van der Waals surface area contributed by atoms with Gasteiger partial charge in [0.05, 0.1) is 6.61 Å². The maximum Gasteiger partial charge on any atom is 0.221 e. The highest BCUT2D eigenvalue weighted by atomic mass is 16.5. The van der Waals surface area contributed by atoms with Crippen LogP contribution in [0, 0.1) is 0 Å². The van der Waals surface area contributed by atoms with Gasteiger partial charge in [0.25, 0.3) is 0 Å². The molecule has 0 unspecified atom stereocenters. The molecule has 0 saturated carbocycles. The van der Waals surface area contributed by atoms with Gasteiger partial charge in [-0.3, -0.25) is 9.69 Å². The molecule has 2 heterocycles. The molecule has 1 aliphatic rings. The summed E-state index contributed by atoms with van der Waals surface area (Å²) >= 11 is 0. The van der Waals surface area contributed by atoms with Crippen LogP contribution in [0.1, 0.15) is 6.42 Å². The molecule has 24 heavy (non-hydrogen) atoms. The number of aromatic nitrogens is 1. The molecule has 2 rings (SSSR count). The minimum Gasteiger partial charge on any atom is -0.383 e. The van der Waals surface area contributed by atoms with Crippen LogP contribution in [0.15, 0.2) is 24.4 Å². The highest BCUT2D eigenvalue weighted by Crippen LogP contribution is 2.12. The second-order valence-corrected chi connectivity index (χ2v) is 5.86. The number of nitrogens with one attached hydrogen (secondary N) is 2. The molecule has 0 aliphatic carbocycles. The van der Waals surface area contributed by atoms with Crippen LogP contribution in [0.4, 0.5) is 5.82 Å². The van der Waals surface area contributed by atoms with Crippen LogP contribution in [0.2, 0.25) is 0 Å². The van der Waals surface area contributed by atoms with E-state index >= 15 is 0 Å². The van der Waals surface area contributed by atoms with E-state index in [0.29, 0.717) is 19.6 Å². The largest absolute Gasteiger partial charge is 0.383 e. The first-order valence-corrected chi connectivity index (χ1v) is 8.64. The Kier molecular flexibility index (Phi) is 8.51. The van der Waals surface area contributed by atoms with Crippen molar-refractivity contribution in [3.8, 4) is 0 Å². The predicted octanol–water partition coefficient (Wildman–Crippen LogP) is -0.0541. The Hall–Kier alpha value is -1.70. The Bertz CT molecular complexity index is 463. The van der Waals surface area contributed by atoms with Crippen molar-refractivity contribution in [2.45, 2.75) is 6.42 Å². The lowest BCUT2D eigenvalue weighted by atomic mass is 10.2. The van der Waals surface area contributed by atoms with Crippen LogP contribution in [-0.2, 0) is 9.53 Å². The third kappa shape index (κ3) is 6.82. The number of carbonyl (C=O) groups excluding carboxylic acids is 1. The maximum absolute atomic E-state index is 11.8. The van der Waals surface area contributed by atoms with Crippen molar-refractivity contribution < 1.29 is 9.53 Å². The highest BCUT2D eigenvalue weighted by Gasteiger charge is 2.18. The van der Waals surface area contributed by atoms with Gasteiger partial charge in [0, 0.05) is 72.1 Å². The quantitative estimate of drug-likeness (QED) is 0.584.